The van der Waals surface area contributed by atoms with Crippen LogP contribution in [0.3, 0.4) is 0 Å². The minimum Gasteiger partial charge on any atom is -0.493 e. The zero-order valence-corrected chi connectivity index (χ0v) is 12.0. The van der Waals surface area contributed by atoms with E-state index < -0.39 is 11.6 Å². The van der Waals surface area contributed by atoms with Crippen LogP contribution in [0.1, 0.15) is 26.3 Å². The van der Waals surface area contributed by atoms with Crippen molar-refractivity contribution >= 4 is 12.0 Å². The van der Waals surface area contributed by atoms with Gasteiger partial charge in [0.1, 0.15) is 5.60 Å². The van der Waals surface area contributed by atoms with E-state index in [9.17, 15) is 4.79 Å². The van der Waals surface area contributed by atoms with Crippen molar-refractivity contribution < 1.29 is 19.0 Å². The van der Waals surface area contributed by atoms with Crippen LogP contribution in [0.15, 0.2) is 24.3 Å². The lowest BCUT2D eigenvalue weighted by Gasteiger charge is -2.18. The third kappa shape index (κ3) is 4.66. The maximum absolute atomic E-state index is 11.6. The zero-order valence-electron chi connectivity index (χ0n) is 12.0. The van der Waals surface area contributed by atoms with Crippen molar-refractivity contribution in [1.82, 2.24) is 0 Å². The minimum atomic E-state index is -0.500. The van der Waals surface area contributed by atoms with E-state index in [4.69, 9.17) is 14.2 Å². The molecule has 4 heteroatoms. The van der Waals surface area contributed by atoms with Gasteiger partial charge in [-0.2, -0.15) is 0 Å². The highest BCUT2D eigenvalue weighted by Gasteiger charge is 2.14. The maximum atomic E-state index is 11.6. The standard InChI is InChI=1S/C15H20O4/c1-15(2,3)19-13(16)10-9-11-7-6-8-12(17-4)14(11)18-5/h6-10H,1-5H3/b10-9+. The molecule has 19 heavy (non-hydrogen) atoms. The molecular weight excluding hydrogens is 244 g/mol. The fourth-order valence-corrected chi connectivity index (χ4v) is 1.54. The molecule has 4 nitrogen and oxygen atoms in total. The zero-order chi connectivity index (χ0) is 14.5. The molecule has 0 heterocycles. The Morgan fingerprint density at radius 2 is 1.84 bits per heavy atom. The van der Waals surface area contributed by atoms with E-state index in [-0.39, 0.29) is 0 Å². The Morgan fingerprint density at radius 1 is 1.16 bits per heavy atom. The molecule has 104 valence electrons. The Labute approximate surface area is 114 Å². The summed E-state index contributed by atoms with van der Waals surface area (Å²) in [6.07, 6.45) is 3.03. The van der Waals surface area contributed by atoms with Gasteiger partial charge in [-0.05, 0) is 32.9 Å². The van der Waals surface area contributed by atoms with Crippen LogP contribution in [0.4, 0.5) is 0 Å². The SMILES string of the molecule is COc1cccc(/C=C/C(=O)OC(C)(C)C)c1OC. The Kier molecular flexibility index (Phi) is 4.98. The largest absolute Gasteiger partial charge is 0.493 e. The molecule has 0 radical (unpaired) electrons. The van der Waals surface area contributed by atoms with Crippen molar-refractivity contribution in [3.8, 4) is 11.5 Å². The van der Waals surface area contributed by atoms with Crippen LogP contribution >= 0.6 is 0 Å². The fraction of sp³-hybridized carbons (Fsp3) is 0.400. The van der Waals surface area contributed by atoms with Crippen molar-refractivity contribution in [2.24, 2.45) is 0 Å². The van der Waals surface area contributed by atoms with Gasteiger partial charge in [0.15, 0.2) is 11.5 Å². The Hall–Kier alpha value is -1.97. The topological polar surface area (TPSA) is 44.8 Å². The monoisotopic (exact) mass is 264 g/mol. The summed E-state index contributed by atoms with van der Waals surface area (Å²) in [6, 6.07) is 5.46. The highest BCUT2D eigenvalue weighted by atomic mass is 16.6. The highest BCUT2D eigenvalue weighted by molar-refractivity contribution is 5.88. The van der Waals surface area contributed by atoms with Gasteiger partial charge in [-0.15, -0.1) is 0 Å². The van der Waals surface area contributed by atoms with Crippen LogP contribution in [0, 0.1) is 0 Å². The molecule has 0 amide bonds. The van der Waals surface area contributed by atoms with Crippen molar-refractivity contribution in [3.63, 3.8) is 0 Å². The molecule has 0 fully saturated rings. The van der Waals surface area contributed by atoms with Gasteiger partial charge < -0.3 is 14.2 Å². The molecule has 0 aliphatic carbocycles. The summed E-state index contributed by atoms with van der Waals surface area (Å²) < 4.78 is 15.7. The van der Waals surface area contributed by atoms with Crippen molar-refractivity contribution in [2.45, 2.75) is 26.4 Å². The number of methoxy groups -OCH3 is 2. The van der Waals surface area contributed by atoms with Crippen molar-refractivity contribution in [2.75, 3.05) is 14.2 Å². The smallest absolute Gasteiger partial charge is 0.331 e. The first-order chi connectivity index (χ1) is 8.87. The van der Waals surface area contributed by atoms with Crippen molar-refractivity contribution in [3.05, 3.63) is 29.8 Å². The summed E-state index contributed by atoms with van der Waals surface area (Å²) in [5.74, 6) is 0.816. The van der Waals surface area contributed by atoms with Crippen LogP contribution in [0.25, 0.3) is 6.08 Å². The second-order valence-corrected chi connectivity index (χ2v) is 4.95. The van der Waals surface area contributed by atoms with Gasteiger partial charge in [0.2, 0.25) is 0 Å². The van der Waals surface area contributed by atoms with Gasteiger partial charge in [0, 0.05) is 11.6 Å². The molecule has 0 aliphatic rings. The summed E-state index contributed by atoms with van der Waals surface area (Å²) >= 11 is 0. The average molecular weight is 264 g/mol. The molecule has 0 saturated heterocycles. The summed E-state index contributed by atoms with van der Waals surface area (Å²) in [6.45, 7) is 5.47. The summed E-state index contributed by atoms with van der Waals surface area (Å²) in [7, 11) is 3.13. The number of rotatable bonds is 4. The molecule has 0 N–H and O–H groups in total. The third-order valence-corrected chi connectivity index (χ3v) is 2.24. The predicted octanol–water partition coefficient (Wildman–Crippen LogP) is 3.06. The average Bonchev–Trinajstić information content (AvgIpc) is 2.33. The van der Waals surface area contributed by atoms with E-state index in [1.807, 2.05) is 32.9 Å². The van der Waals surface area contributed by atoms with Crippen LogP contribution in [-0.2, 0) is 9.53 Å². The first-order valence-electron chi connectivity index (χ1n) is 5.99. The maximum Gasteiger partial charge on any atom is 0.331 e. The molecule has 0 bridgehead atoms. The van der Waals surface area contributed by atoms with E-state index in [2.05, 4.69) is 0 Å². The van der Waals surface area contributed by atoms with Crippen molar-refractivity contribution in [1.29, 1.82) is 0 Å². The van der Waals surface area contributed by atoms with E-state index in [0.29, 0.717) is 11.5 Å². The normalized spacial score (nSPS) is 11.4. The van der Waals surface area contributed by atoms with E-state index in [1.54, 1.807) is 26.4 Å². The number of ether oxygens (including phenoxy) is 3. The molecule has 0 atom stereocenters. The Bertz CT molecular complexity index is 470. The Morgan fingerprint density at radius 3 is 2.37 bits per heavy atom. The summed E-state index contributed by atoms with van der Waals surface area (Å²) in [5.41, 5.74) is 0.257. The minimum absolute atomic E-state index is 0.391. The lowest BCUT2D eigenvalue weighted by molar-refractivity contribution is -0.148. The van der Waals surface area contributed by atoms with Crippen LogP contribution in [0.5, 0.6) is 11.5 Å². The molecule has 1 rings (SSSR count). The van der Waals surface area contributed by atoms with Gasteiger partial charge in [-0.25, -0.2) is 4.79 Å². The second-order valence-electron chi connectivity index (χ2n) is 4.95. The van der Waals surface area contributed by atoms with E-state index in [0.717, 1.165) is 5.56 Å². The number of hydrogen-bond donors (Lipinski definition) is 0. The van der Waals surface area contributed by atoms with Gasteiger partial charge in [-0.3, -0.25) is 0 Å². The van der Waals surface area contributed by atoms with Crippen LogP contribution in [-0.4, -0.2) is 25.8 Å². The molecular formula is C15H20O4. The summed E-state index contributed by atoms with van der Waals surface area (Å²) in [4.78, 5) is 11.6. The molecule has 0 aliphatic heterocycles. The number of hydrogen-bond acceptors (Lipinski definition) is 4. The van der Waals surface area contributed by atoms with Gasteiger partial charge in [0.25, 0.3) is 0 Å². The van der Waals surface area contributed by atoms with Gasteiger partial charge >= 0.3 is 5.97 Å². The molecule has 0 unspecified atom stereocenters. The van der Waals surface area contributed by atoms with Crippen LogP contribution < -0.4 is 9.47 Å². The number of carbonyl (C=O) groups excluding carboxylic acids is 1. The fourth-order valence-electron chi connectivity index (χ4n) is 1.54. The van der Waals surface area contributed by atoms with Gasteiger partial charge in [-0.1, -0.05) is 12.1 Å². The van der Waals surface area contributed by atoms with E-state index in [1.165, 1.54) is 6.08 Å². The molecule has 0 aromatic heterocycles. The molecule has 1 aromatic carbocycles. The number of esters is 1. The molecule has 0 saturated carbocycles. The number of carbonyl (C=O) groups is 1. The lowest BCUT2D eigenvalue weighted by Crippen LogP contribution is -2.22. The first-order valence-corrected chi connectivity index (χ1v) is 5.99. The van der Waals surface area contributed by atoms with Gasteiger partial charge in [0.05, 0.1) is 14.2 Å². The highest BCUT2D eigenvalue weighted by Crippen LogP contribution is 2.31. The predicted molar refractivity (Wildman–Crippen MR) is 74.4 cm³/mol. The number of benzene rings is 1. The summed E-state index contributed by atoms with van der Waals surface area (Å²) in [5, 5.41) is 0. The quantitative estimate of drug-likeness (QED) is 0.619. The Balaban J connectivity index is 2.90. The second kappa shape index (κ2) is 6.27. The number of para-hydroxylation sites is 1. The third-order valence-electron chi connectivity index (χ3n) is 2.24. The van der Waals surface area contributed by atoms with E-state index >= 15 is 0 Å². The lowest BCUT2D eigenvalue weighted by atomic mass is 10.1. The van der Waals surface area contributed by atoms with Crippen LogP contribution in [0.2, 0.25) is 0 Å². The molecule has 1 aromatic rings. The first kappa shape index (κ1) is 15.1. The molecule has 0 spiro atoms.